The van der Waals surface area contributed by atoms with E-state index in [1.165, 1.54) is 0 Å². The average Bonchev–Trinajstić information content (AvgIpc) is 1.82. The third kappa shape index (κ3) is 3.31. The first-order chi connectivity index (χ1) is 4.22. The minimum Gasteiger partial charge on any atom is -0.235 e. The number of rotatable bonds is 3. The fourth-order valence-corrected chi connectivity index (χ4v) is 1.00. The van der Waals surface area contributed by atoms with E-state index in [-0.39, 0.29) is 0 Å². The van der Waals surface area contributed by atoms with E-state index >= 15 is 0 Å². The van der Waals surface area contributed by atoms with Gasteiger partial charge in [0.05, 0.1) is 5.16 Å². The number of hydrogen-bond acceptors (Lipinski definition) is 4. The third-order valence-corrected chi connectivity index (χ3v) is 1.88. The molecule has 1 unspecified atom stereocenters. The quantitative estimate of drug-likeness (QED) is 0.363. The Labute approximate surface area is 59.0 Å². The van der Waals surface area contributed by atoms with E-state index in [1.54, 1.807) is 6.92 Å². The highest BCUT2D eigenvalue weighted by Gasteiger charge is 2.07. The van der Waals surface area contributed by atoms with Gasteiger partial charge in [-0.3, -0.25) is 0 Å². The molecule has 0 aromatic rings. The molecule has 0 spiro atoms. The number of aliphatic imine (C=N–C) groups is 1. The van der Waals surface area contributed by atoms with Crippen molar-refractivity contribution in [2.75, 3.05) is 0 Å². The fourth-order valence-electron chi connectivity index (χ4n) is 0.348. The van der Waals surface area contributed by atoms with Crippen LogP contribution in [0.1, 0.15) is 13.3 Å². The summed E-state index contributed by atoms with van der Waals surface area (Å²) in [5, 5.41) is 2.02. The van der Waals surface area contributed by atoms with Gasteiger partial charge in [-0.1, -0.05) is 6.92 Å². The molecule has 1 atom stereocenters. The summed E-state index contributed by atoms with van der Waals surface area (Å²) in [6.07, 6.45) is 0.461. The van der Waals surface area contributed by atoms with Crippen molar-refractivity contribution in [3.05, 3.63) is 0 Å². The van der Waals surface area contributed by atoms with Crippen molar-refractivity contribution in [1.82, 2.24) is 0 Å². The molecule has 0 rings (SSSR count). The van der Waals surface area contributed by atoms with E-state index in [2.05, 4.69) is 17.2 Å². The molecule has 0 saturated carbocycles. The van der Waals surface area contributed by atoms with Gasteiger partial charge in [0, 0.05) is 0 Å². The summed E-state index contributed by atoms with van der Waals surface area (Å²) in [5.74, 6) is -0.669. The molecule has 0 aliphatic heterocycles. The van der Waals surface area contributed by atoms with E-state index in [1.807, 2.05) is 5.16 Å². The van der Waals surface area contributed by atoms with Crippen LogP contribution in [0.15, 0.2) is 4.99 Å². The van der Waals surface area contributed by atoms with E-state index in [9.17, 15) is 9.13 Å². The zero-order valence-corrected chi connectivity index (χ0v) is 6.61. The Kier molecular flexibility index (Phi) is 4.41. The molecular weight excluding hydrogens is 157 g/mol. The maximum atomic E-state index is 10.2. The number of thiocarbonyl (C=S) groups is 1. The maximum absolute atomic E-state index is 10.2. The van der Waals surface area contributed by atoms with Crippen LogP contribution in [0.5, 0.6) is 0 Å². The number of isothiocyanates is 1. The molecule has 0 aliphatic rings. The van der Waals surface area contributed by atoms with Crippen LogP contribution >= 0.6 is 19.9 Å². The van der Waals surface area contributed by atoms with Crippen molar-refractivity contribution in [2.24, 2.45) is 4.99 Å². The summed E-state index contributed by atoms with van der Waals surface area (Å²) < 4.78 is 20.4. The van der Waals surface area contributed by atoms with Gasteiger partial charge in [0.25, 0.3) is 0 Å². The highest BCUT2D eigenvalue weighted by Crippen LogP contribution is 2.17. The highest BCUT2D eigenvalue weighted by molar-refractivity contribution is 7.78. The molecule has 0 amide bonds. The van der Waals surface area contributed by atoms with Gasteiger partial charge in [-0.05, 0) is 18.6 Å². The monoisotopic (exact) mass is 163 g/mol. The summed E-state index contributed by atoms with van der Waals surface area (Å²) in [4.78, 5) is 3.41. The zero-order valence-electron chi connectivity index (χ0n) is 4.90. The Balaban J connectivity index is 4.15. The lowest BCUT2D eigenvalue weighted by Crippen LogP contribution is -1.89. The minimum absolute atomic E-state index is 0.461. The highest BCUT2D eigenvalue weighted by atomic mass is 32.1. The SMILES string of the molecule is CCC(N=C=S)P(=O)=O. The zero-order chi connectivity index (χ0) is 7.28. The minimum atomic E-state index is -2.47. The van der Waals surface area contributed by atoms with Gasteiger partial charge in [-0.25, -0.2) is 14.1 Å². The maximum Gasteiger partial charge on any atom is 0.341 e. The summed E-state index contributed by atoms with van der Waals surface area (Å²) in [6.45, 7) is 1.73. The molecule has 0 bridgehead atoms. The van der Waals surface area contributed by atoms with Crippen LogP contribution in [-0.2, 0) is 9.13 Å². The van der Waals surface area contributed by atoms with Crippen molar-refractivity contribution >= 4 is 25.1 Å². The predicted molar refractivity (Wildman–Crippen MR) is 37.4 cm³/mol. The first kappa shape index (κ1) is 8.70. The van der Waals surface area contributed by atoms with E-state index in [4.69, 9.17) is 0 Å². The molecule has 0 saturated heterocycles. The molecule has 3 nitrogen and oxygen atoms in total. The van der Waals surface area contributed by atoms with Gasteiger partial charge < -0.3 is 0 Å². The standard InChI is InChI=1S/C4H6NO2PS/c1-2-4(5-3-9)8(6)7/h4H,2H2,1H3. The molecular formula is C4H6NO2PS. The van der Waals surface area contributed by atoms with Crippen LogP contribution in [0.2, 0.25) is 0 Å². The van der Waals surface area contributed by atoms with Crippen LogP contribution < -0.4 is 0 Å². The van der Waals surface area contributed by atoms with E-state index < -0.39 is 13.5 Å². The lowest BCUT2D eigenvalue weighted by Gasteiger charge is -1.90. The van der Waals surface area contributed by atoms with Gasteiger partial charge in [-0.2, -0.15) is 0 Å². The topological polar surface area (TPSA) is 46.5 Å². The molecule has 5 heteroatoms. The average molecular weight is 163 g/mol. The molecule has 0 aliphatic carbocycles. The second kappa shape index (κ2) is 4.57. The van der Waals surface area contributed by atoms with Crippen LogP contribution in [0.25, 0.3) is 0 Å². The molecule has 0 aromatic carbocycles. The smallest absolute Gasteiger partial charge is 0.235 e. The second-order valence-electron chi connectivity index (χ2n) is 1.39. The predicted octanol–water partition coefficient (Wildman–Crippen LogP) is 2.00. The Morgan fingerprint density at radius 3 is 2.44 bits per heavy atom. The number of hydrogen-bond donors (Lipinski definition) is 0. The first-order valence-electron chi connectivity index (χ1n) is 2.42. The molecule has 9 heavy (non-hydrogen) atoms. The van der Waals surface area contributed by atoms with Crippen LogP contribution in [-0.4, -0.2) is 10.9 Å². The van der Waals surface area contributed by atoms with Gasteiger partial charge in [0.2, 0.25) is 0 Å². The van der Waals surface area contributed by atoms with Crippen molar-refractivity contribution in [3.8, 4) is 0 Å². The van der Waals surface area contributed by atoms with E-state index in [0.29, 0.717) is 6.42 Å². The van der Waals surface area contributed by atoms with Crippen LogP contribution in [0, 0.1) is 0 Å². The van der Waals surface area contributed by atoms with Crippen LogP contribution in [0.3, 0.4) is 0 Å². The van der Waals surface area contributed by atoms with Crippen molar-refractivity contribution in [1.29, 1.82) is 0 Å². The van der Waals surface area contributed by atoms with Crippen LogP contribution in [0.4, 0.5) is 0 Å². The second-order valence-corrected chi connectivity index (χ2v) is 2.74. The molecule has 0 heterocycles. The van der Waals surface area contributed by atoms with Gasteiger partial charge >= 0.3 is 7.68 Å². The largest absolute Gasteiger partial charge is 0.341 e. The van der Waals surface area contributed by atoms with Crippen molar-refractivity contribution in [2.45, 2.75) is 19.1 Å². The first-order valence-corrected chi connectivity index (χ1v) is 4.08. The Morgan fingerprint density at radius 2 is 2.33 bits per heavy atom. The van der Waals surface area contributed by atoms with Crippen molar-refractivity contribution in [3.63, 3.8) is 0 Å². The Bertz CT molecular complexity index is 187. The lowest BCUT2D eigenvalue weighted by molar-refractivity contribution is 0.503. The Morgan fingerprint density at radius 1 is 1.78 bits per heavy atom. The summed E-state index contributed by atoms with van der Waals surface area (Å²) in [7, 11) is -2.47. The summed E-state index contributed by atoms with van der Waals surface area (Å²) in [6, 6.07) is 0. The fraction of sp³-hybridized carbons (Fsp3) is 0.750. The Hall–Kier alpha value is -0.300. The van der Waals surface area contributed by atoms with Gasteiger partial charge in [-0.15, -0.1) is 0 Å². The van der Waals surface area contributed by atoms with Gasteiger partial charge in [0.1, 0.15) is 0 Å². The van der Waals surface area contributed by atoms with E-state index in [0.717, 1.165) is 0 Å². The lowest BCUT2D eigenvalue weighted by atomic mass is 10.5. The molecule has 0 N–H and O–H groups in total. The van der Waals surface area contributed by atoms with Gasteiger partial charge in [0.15, 0.2) is 5.78 Å². The number of nitrogens with zero attached hydrogens (tertiary/aromatic N) is 1. The summed E-state index contributed by atoms with van der Waals surface area (Å²) in [5.41, 5.74) is 0. The molecule has 0 aromatic heterocycles. The third-order valence-electron chi connectivity index (χ3n) is 0.810. The van der Waals surface area contributed by atoms with Crippen molar-refractivity contribution < 1.29 is 9.13 Å². The summed E-state index contributed by atoms with van der Waals surface area (Å²) >= 11 is 4.23. The molecule has 50 valence electrons. The normalized spacial score (nSPS) is 11.7. The molecule has 0 radical (unpaired) electrons. The molecule has 0 fully saturated rings.